The molecule has 3 aromatic rings. The Kier molecular flexibility index (Phi) is 7.26. The number of carbonyl (C=O) groups excluding carboxylic acids is 1. The molecule has 0 fully saturated rings. The molecule has 2 aromatic carbocycles. The van der Waals surface area contributed by atoms with Crippen molar-refractivity contribution in [3.63, 3.8) is 0 Å². The van der Waals surface area contributed by atoms with Crippen molar-refractivity contribution in [3.05, 3.63) is 65.2 Å². The summed E-state index contributed by atoms with van der Waals surface area (Å²) in [7, 11) is 0. The average molecular weight is 398 g/mol. The molecule has 1 aromatic heterocycles. The molecule has 0 aliphatic heterocycles. The van der Waals surface area contributed by atoms with Gasteiger partial charge in [-0.15, -0.1) is 0 Å². The fraction of sp³-hybridized carbons (Fsp3) is 0.0556. The van der Waals surface area contributed by atoms with E-state index in [0.717, 1.165) is 0 Å². The van der Waals surface area contributed by atoms with Crippen LogP contribution >= 0.6 is 11.6 Å². The molecule has 1 heterocycles. The number of hydrogen-bond acceptors (Lipinski definition) is 5. The van der Waals surface area contributed by atoms with E-state index in [1.807, 2.05) is 0 Å². The van der Waals surface area contributed by atoms with Crippen LogP contribution in [0.4, 0.5) is 14.6 Å². The molecule has 0 unspecified atom stereocenters. The Balaban J connectivity index is 0.00000261. The van der Waals surface area contributed by atoms with Crippen molar-refractivity contribution in [1.29, 1.82) is 0 Å². The first-order valence-electron chi connectivity index (χ1n) is 7.46. The molecule has 3 rings (SSSR count). The molecule has 132 valence electrons. The number of carboxylic acid groups (broad SMARTS) is 1. The third kappa shape index (κ3) is 5.46. The molecular weight excluding hydrogens is 387 g/mol. The first-order chi connectivity index (χ1) is 12.4. The van der Waals surface area contributed by atoms with E-state index in [-0.39, 0.29) is 46.2 Å². The van der Waals surface area contributed by atoms with Crippen molar-refractivity contribution in [1.82, 2.24) is 9.97 Å². The smallest absolute Gasteiger partial charge is 0.548 e. The molecule has 0 spiro atoms. The quantitative estimate of drug-likeness (QED) is 0.609. The summed E-state index contributed by atoms with van der Waals surface area (Å²) in [5, 5.41) is 13.2. The van der Waals surface area contributed by atoms with Crippen LogP contribution in [0.3, 0.4) is 0 Å². The summed E-state index contributed by atoms with van der Waals surface area (Å²) in [5.74, 6) is -1.92. The van der Waals surface area contributed by atoms with Crippen molar-refractivity contribution < 1.29 is 48.2 Å². The zero-order valence-electron chi connectivity index (χ0n) is 14.2. The second kappa shape index (κ2) is 9.23. The number of rotatable bonds is 5. The maximum absolute atomic E-state index is 13.8. The summed E-state index contributed by atoms with van der Waals surface area (Å²) >= 11 is 5.70. The van der Waals surface area contributed by atoms with Gasteiger partial charge in [-0.2, -0.15) is 0 Å². The number of carboxylic acids is 1. The van der Waals surface area contributed by atoms with Gasteiger partial charge in [0.25, 0.3) is 0 Å². The number of carbonyl (C=O) groups is 1. The number of halogens is 3. The molecule has 0 saturated heterocycles. The number of anilines is 1. The standard InChI is InChI=1S/C18H12ClF2N3O2.Na/c19-13-6-3-11(7-14(13)21)15-8-16(22-9-17(25)26)24-18(23-15)10-1-4-12(20)5-2-10;/h1-8H,9H2,(H,25,26)(H,22,23,24);/q;+1/p-1. The Morgan fingerprint density at radius 2 is 1.70 bits per heavy atom. The molecule has 0 radical (unpaired) electrons. The van der Waals surface area contributed by atoms with Crippen LogP contribution in [-0.4, -0.2) is 22.5 Å². The summed E-state index contributed by atoms with van der Waals surface area (Å²) in [5.41, 5.74) is 1.28. The molecule has 27 heavy (non-hydrogen) atoms. The second-order valence-electron chi connectivity index (χ2n) is 5.32. The van der Waals surface area contributed by atoms with Crippen molar-refractivity contribution in [2.45, 2.75) is 0 Å². The van der Waals surface area contributed by atoms with E-state index in [9.17, 15) is 18.7 Å². The molecule has 5 nitrogen and oxygen atoms in total. The van der Waals surface area contributed by atoms with Crippen LogP contribution in [0.25, 0.3) is 22.6 Å². The third-order valence-corrected chi connectivity index (χ3v) is 3.76. The number of hydrogen-bond donors (Lipinski definition) is 1. The van der Waals surface area contributed by atoms with E-state index in [2.05, 4.69) is 15.3 Å². The Bertz CT molecular complexity index is 971. The molecule has 0 aliphatic carbocycles. The van der Waals surface area contributed by atoms with Crippen molar-refractivity contribution in [2.24, 2.45) is 0 Å². The average Bonchev–Trinajstić information content (AvgIpc) is 2.62. The molecule has 0 amide bonds. The van der Waals surface area contributed by atoms with Crippen LogP contribution in [-0.2, 0) is 4.79 Å². The predicted molar refractivity (Wildman–Crippen MR) is 91.3 cm³/mol. The maximum atomic E-state index is 13.8. The molecule has 9 heteroatoms. The van der Waals surface area contributed by atoms with Gasteiger partial charge in [-0.3, -0.25) is 0 Å². The first-order valence-corrected chi connectivity index (χ1v) is 7.84. The SMILES string of the molecule is O=C([O-])CNc1cc(-c2ccc(Cl)c(F)c2)nc(-c2ccc(F)cc2)n1.[Na+]. The summed E-state index contributed by atoms with van der Waals surface area (Å²) < 4.78 is 26.9. The fourth-order valence-electron chi connectivity index (χ4n) is 2.23. The van der Waals surface area contributed by atoms with Gasteiger partial charge in [0.05, 0.1) is 23.2 Å². The zero-order valence-corrected chi connectivity index (χ0v) is 16.9. The molecule has 0 bridgehead atoms. The topological polar surface area (TPSA) is 77.9 Å². The largest absolute Gasteiger partial charge is 1.00 e. The fourth-order valence-corrected chi connectivity index (χ4v) is 2.35. The van der Waals surface area contributed by atoms with Crippen LogP contribution in [0.5, 0.6) is 0 Å². The third-order valence-electron chi connectivity index (χ3n) is 3.46. The van der Waals surface area contributed by atoms with E-state index in [0.29, 0.717) is 16.8 Å². The van der Waals surface area contributed by atoms with E-state index in [1.165, 1.54) is 42.5 Å². The maximum Gasteiger partial charge on any atom is 1.00 e. The van der Waals surface area contributed by atoms with Crippen molar-refractivity contribution in [2.75, 3.05) is 11.9 Å². The minimum absolute atomic E-state index is 0. The van der Waals surface area contributed by atoms with Crippen LogP contribution in [0, 0.1) is 11.6 Å². The minimum Gasteiger partial charge on any atom is -0.548 e. The van der Waals surface area contributed by atoms with Gasteiger partial charge in [-0.25, -0.2) is 18.7 Å². The van der Waals surface area contributed by atoms with Crippen LogP contribution in [0.1, 0.15) is 0 Å². The first kappa shape index (κ1) is 21.2. The van der Waals surface area contributed by atoms with Crippen LogP contribution in [0.2, 0.25) is 5.02 Å². The van der Waals surface area contributed by atoms with E-state index in [4.69, 9.17) is 11.6 Å². The Morgan fingerprint density at radius 1 is 1.04 bits per heavy atom. The number of aliphatic carboxylic acids is 1. The number of nitrogens with zero attached hydrogens (tertiary/aromatic N) is 2. The van der Waals surface area contributed by atoms with E-state index >= 15 is 0 Å². The van der Waals surface area contributed by atoms with Gasteiger partial charge in [-0.05, 0) is 36.4 Å². The van der Waals surface area contributed by atoms with Gasteiger partial charge >= 0.3 is 29.6 Å². The monoisotopic (exact) mass is 397 g/mol. The molecule has 0 atom stereocenters. The Labute approximate surface area is 180 Å². The molecule has 0 saturated carbocycles. The predicted octanol–water partition coefficient (Wildman–Crippen LogP) is -0.0920. The zero-order chi connectivity index (χ0) is 18.7. The summed E-state index contributed by atoms with van der Waals surface area (Å²) in [4.78, 5) is 19.2. The van der Waals surface area contributed by atoms with Gasteiger partial charge < -0.3 is 15.2 Å². The molecule has 0 aliphatic rings. The van der Waals surface area contributed by atoms with Crippen molar-refractivity contribution in [3.8, 4) is 22.6 Å². The van der Waals surface area contributed by atoms with Gasteiger partial charge in [-0.1, -0.05) is 17.7 Å². The molecule has 1 N–H and O–H groups in total. The van der Waals surface area contributed by atoms with Gasteiger partial charge in [0.2, 0.25) is 0 Å². The minimum atomic E-state index is -1.31. The number of nitrogens with one attached hydrogen (secondary N) is 1. The molecular formula is C18H11ClF2N3NaO2. The van der Waals surface area contributed by atoms with Gasteiger partial charge in [0.1, 0.15) is 17.5 Å². The summed E-state index contributed by atoms with van der Waals surface area (Å²) in [6, 6.07) is 11.1. The number of aromatic nitrogens is 2. The van der Waals surface area contributed by atoms with E-state index in [1.54, 1.807) is 6.07 Å². The number of benzene rings is 2. The summed E-state index contributed by atoms with van der Waals surface area (Å²) in [6.45, 7) is -0.464. The van der Waals surface area contributed by atoms with Gasteiger partial charge in [0, 0.05) is 17.2 Å². The van der Waals surface area contributed by atoms with Crippen LogP contribution < -0.4 is 40.0 Å². The normalized spacial score (nSPS) is 10.2. The summed E-state index contributed by atoms with van der Waals surface area (Å²) in [6.07, 6.45) is 0. The van der Waals surface area contributed by atoms with Crippen molar-refractivity contribution >= 4 is 23.4 Å². The Hall–Kier alpha value is -2.06. The Morgan fingerprint density at radius 3 is 2.33 bits per heavy atom. The second-order valence-corrected chi connectivity index (χ2v) is 5.73. The van der Waals surface area contributed by atoms with Crippen LogP contribution in [0.15, 0.2) is 48.5 Å². The van der Waals surface area contributed by atoms with Gasteiger partial charge in [0.15, 0.2) is 5.82 Å². The van der Waals surface area contributed by atoms with E-state index < -0.39 is 24.1 Å².